The molecule has 1 atom stereocenters. The number of rotatable bonds is 1. The highest BCUT2D eigenvalue weighted by atomic mass is 79.9. The summed E-state index contributed by atoms with van der Waals surface area (Å²) < 4.78 is 0.901. The lowest BCUT2D eigenvalue weighted by Gasteiger charge is -2.20. The Hall–Kier alpha value is -0.460. The van der Waals surface area contributed by atoms with Gasteiger partial charge in [-0.1, -0.05) is 15.9 Å². The standard InChI is InChI=1S/C12H11BrN2OS2/c13-7-1-2-9-8(5-7)12(16)15-11(14-9)10-6-17-3-4-18-10/h1-2,5,10H,3-4,6H2,(H,14,15,16)/t10-/m1/s1. The van der Waals surface area contributed by atoms with E-state index < -0.39 is 0 Å². The minimum absolute atomic E-state index is 0.0486. The lowest BCUT2D eigenvalue weighted by Crippen LogP contribution is -2.17. The molecule has 0 radical (unpaired) electrons. The maximum absolute atomic E-state index is 12.1. The fourth-order valence-electron chi connectivity index (χ4n) is 1.93. The summed E-state index contributed by atoms with van der Waals surface area (Å²) in [6, 6.07) is 5.62. The first-order valence-corrected chi connectivity index (χ1v) is 8.62. The van der Waals surface area contributed by atoms with Gasteiger partial charge >= 0.3 is 0 Å². The molecule has 1 saturated heterocycles. The van der Waals surface area contributed by atoms with Crippen LogP contribution in [0.5, 0.6) is 0 Å². The number of aromatic amines is 1. The zero-order valence-electron chi connectivity index (χ0n) is 9.48. The summed E-state index contributed by atoms with van der Waals surface area (Å²) in [5.41, 5.74) is 0.723. The molecule has 0 aliphatic carbocycles. The highest BCUT2D eigenvalue weighted by Gasteiger charge is 2.19. The van der Waals surface area contributed by atoms with Crippen LogP contribution >= 0.6 is 39.5 Å². The van der Waals surface area contributed by atoms with Crippen LogP contribution in [-0.4, -0.2) is 27.2 Å². The van der Waals surface area contributed by atoms with Crippen LogP contribution in [-0.2, 0) is 0 Å². The van der Waals surface area contributed by atoms with Crippen LogP contribution in [0, 0.1) is 0 Å². The van der Waals surface area contributed by atoms with Crippen molar-refractivity contribution < 1.29 is 0 Å². The van der Waals surface area contributed by atoms with Crippen molar-refractivity contribution in [1.82, 2.24) is 9.97 Å². The van der Waals surface area contributed by atoms with Crippen LogP contribution in [0.15, 0.2) is 27.5 Å². The Kier molecular flexibility index (Phi) is 3.68. The van der Waals surface area contributed by atoms with Crippen molar-refractivity contribution in [3.8, 4) is 0 Å². The summed E-state index contributed by atoms with van der Waals surface area (Å²) in [4.78, 5) is 19.6. The van der Waals surface area contributed by atoms with E-state index >= 15 is 0 Å². The number of aromatic nitrogens is 2. The van der Waals surface area contributed by atoms with Gasteiger partial charge in [-0.05, 0) is 18.2 Å². The molecule has 18 heavy (non-hydrogen) atoms. The van der Waals surface area contributed by atoms with Crippen LogP contribution < -0.4 is 5.56 Å². The fourth-order valence-corrected chi connectivity index (χ4v) is 4.91. The van der Waals surface area contributed by atoms with Crippen LogP contribution in [0.4, 0.5) is 0 Å². The third kappa shape index (κ3) is 2.46. The molecule has 0 amide bonds. The average molecular weight is 343 g/mol. The third-order valence-electron chi connectivity index (χ3n) is 2.81. The largest absolute Gasteiger partial charge is 0.309 e. The number of H-pyrrole nitrogens is 1. The van der Waals surface area contributed by atoms with Crippen molar-refractivity contribution >= 4 is 50.4 Å². The molecule has 2 aromatic rings. The molecule has 1 fully saturated rings. The van der Waals surface area contributed by atoms with Gasteiger partial charge in [-0.15, -0.1) is 11.8 Å². The van der Waals surface area contributed by atoms with E-state index in [-0.39, 0.29) is 5.56 Å². The molecule has 1 N–H and O–H groups in total. The molecule has 6 heteroatoms. The molecule has 94 valence electrons. The smallest absolute Gasteiger partial charge is 0.258 e. The van der Waals surface area contributed by atoms with Crippen LogP contribution in [0.2, 0.25) is 0 Å². The Morgan fingerprint density at radius 2 is 2.28 bits per heavy atom. The van der Waals surface area contributed by atoms with Crippen molar-refractivity contribution in [3.63, 3.8) is 0 Å². The number of fused-ring (bicyclic) bond motifs is 1. The summed E-state index contributed by atoms with van der Waals surface area (Å²) >= 11 is 7.17. The van der Waals surface area contributed by atoms with Gasteiger partial charge in [-0.25, -0.2) is 4.98 Å². The van der Waals surface area contributed by atoms with Gasteiger partial charge in [0.05, 0.1) is 16.2 Å². The molecule has 0 unspecified atom stereocenters. The number of hydrogen-bond donors (Lipinski definition) is 1. The Balaban J connectivity index is 2.09. The summed E-state index contributed by atoms with van der Waals surface area (Å²) in [5, 5.41) is 0.950. The van der Waals surface area contributed by atoms with E-state index in [9.17, 15) is 4.79 Å². The van der Waals surface area contributed by atoms with Gasteiger partial charge in [-0.2, -0.15) is 11.8 Å². The topological polar surface area (TPSA) is 45.8 Å². The SMILES string of the molecule is O=c1[nH]c([C@H]2CSCCS2)nc2ccc(Br)cc12. The van der Waals surface area contributed by atoms with E-state index in [0.29, 0.717) is 10.6 Å². The lowest BCUT2D eigenvalue weighted by atomic mass is 10.2. The zero-order chi connectivity index (χ0) is 12.5. The van der Waals surface area contributed by atoms with Crippen LogP contribution in [0.25, 0.3) is 10.9 Å². The Morgan fingerprint density at radius 3 is 3.06 bits per heavy atom. The number of benzene rings is 1. The van der Waals surface area contributed by atoms with Gasteiger partial charge in [-0.3, -0.25) is 4.79 Å². The highest BCUT2D eigenvalue weighted by Crippen LogP contribution is 2.34. The average Bonchev–Trinajstić information content (AvgIpc) is 2.40. The maximum atomic E-state index is 12.1. The van der Waals surface area contributed by atoms with E-state index in [1.165, 1.54) is 5.75 Å². The monoisotopic (exact) mass is 342 g/mol. The molecule has 0 spiro atoms. The molecule has 1 aromatic carbocycles. The highest BCUT2D eigenvalue weighted by molar-refractivity contribution is 9.10. The second-order valence-corrected chi connectivity index (χ2v) is 7.42. The number of thioether (sulfide) groups is 2. The lowest BCUT2D eigenvalue weighted by molar-refractivity contribution is 0.927. The molecule has 1 aromatic heterocycles. The van der Waals surface area contributed by atoms with E-state index in [4.69, 9.17) is 0 Å². The normalized spacial score (nSPS) is 20.2. The number of nitrogens with zero attached hydrogens (tertiary/aromatic N) is 1. The van der Waals surface area contributed by atoms with Gasteiger partial charge in [0.25, 0.3) is 5.56 Å². The summed E-state index contributed by atoms with van der Waals surface area (Å²) in [6.45, 7) is 0. The molecule has 0 saturated carbocycles. The maximum Gasteiger partial charge on any atom is 0.258 e. The number of hydrogen-bond acceptors (Lipinski definition) is 4. The minimum Gasteiger partial charge on any atom is -0.309 e. The second kappa shape index (κ2) is 5.27. The predicted octanol–water partition coefficient (Wildman–Crippen LogP) is 3.21. The van der Waals surface area contributed by atoms with Crippen LogP contribution in [0.3, 0.4) is 0 Å². The summed E-state index contributed by atoms with van der Waals surface area (Å²) in [5.74, 6) is 4.14. The molecular formula is C12H11BrN2OS2. The Bertz CT molecular complexity index is 638. The van der Waals surface area contributed by atoms with E-state index in [0.717, 1.165) is 27.3 Å². The van der Waals surface area contributed by atoms with Gasteiger partial charge in [0.1, 0.15) is 5.82 Å². The van der Waals surface area contributed by atoms with Gasteiger partial charge in [0.2, 0.25) is 0 Å². The van der Waals surface area contributed by atoms with Crippen LogP contribution in [0.1, 0.15) is 11.1 Å². The van der Waals surface area contributed by atoms with Gasteiger partial charge < -0.3 is 4.98 Å². The molecule has 2 heterocycles. The molecular weight excluding hydrogens is 332 g/mol. The zero-order valence-corrected chi connectivity index (χ0v) is 12.7. The quantitative estimate of drug-likeness (QED) is 0.864. The minimum atomic E-state index is -0.0486. The first kappa shape index (κ1) is 12.6. The Labute approximate surface area is 121 Å². The first-order valence-electron chi connectivity index (χ1n) is 5.63. The Morgan fingerprint density at radius 1 is 1.39 bits per heavy atom. The van der Waals surface area contributed by atoms with Gasteiger partial charge in [0, 0.05) is 21.7 Å². The van der Waals surface area contributed by atoms with Crippen molar-refractivity contribution in [1.29, 1.82) is 0 Å². The van der Waals surface area contributed by atoms with Crippen molar-refractivity contribution in [3.05, 3.63) is 38.9 Å². The molecule has 0 bridgehead atoms. The molecule has 1 aliphatic rings. The number of nitrogens with one attached hydrogen (secondary N) is 1. The van der Waals surface area contributed by atoms with Crippen molar-refractivity contribution in [2.45, 2.75) is 5.25 Å². The molecule has 1 aliphatic heterocycles. The fraction of sp³-hybridized carbons (Fsp3) is 0.333. The van der Waals surface area contributed by atoms with Gasteiger partial charge in [0.15, 0.2) is 0 Å². The van der Waals surface area contributed by atoms with E-state index in [1.807, 2.05) is 41.7 Å². The third-order valence-corrected chi connectivity index (χ3v) is 6.06. The van der Waals surface area contributed by atoms with E-state index in [2.05, 4.69) is 25.9 Å². The summed E-state index contributed by atoms with van der Waals surface area (Å²) in [7, 11) is 0. The first-order chi connectivity index (χ1) is 8.74. The van der Waals surface area contributed by atoms with E-state index in [1.54, 1.807) is 0 Å². The second-order valence-electron chi connectivity index (χ2n) is 4.05. The molecule has 3 nitrogen and oxygen atoms in total. The summed E-state index contributed by atoms with van der Waals surface area (Å²) in [6.07, 6.45) is 0. The number of halogens is 1. The van der Waals surface area contributed by atoms with Crippen molar-refractivity contribution in [2.24, 2.45) is 0 Å². The predicted molar refractivity (Wildman–Crippen MR) is 82.6 cm³/mol. The molecule has 3 rings (SSSR count). The van der Waals surface area contributed by atoms with Crippen molar-refractivity contribution in [2.75, 3.05) is 17.3 Å².